The highest BCUT2D eigenvalue weighted by Gasteiger charge is 2.07. The van der Waals surface area contributed by atoms with Crippen molar-refractivity contribution in [3.63, 3.8) is 0 Å². The Kier molecular flexibility index (Phi) is 6.52. The number of urea groups is 1. The minimum atomic E-state index is -0.347. The van der Waals surface area contributed by atoms with Crippen LogP contribution in [0.4, 0.5) is 16.2 Å². The molecular formula is C24H22N6O2. The summed E-state index contributed by atoms with van der Waals surface area (Å²) in [7, 11) is 0. The molecule has 0 unspecified atom stereocenters. The summed E-state index contributed by atoms with van der Waals surface area (Å²) < 4.78 is 1.75. The highest BCUT2D eigenvalue weighted by atomic mass is 16.2. The average molecular weight is 426 g/mol. The second-order valence-corrected chi connectivity index (χ2v) is 7.11. The average Bonchev–Trinajstić information content (AvgIpc) is 3.32. The Balaban J connectivity index is 1.26. The van der Waals surface area contributed by atoms with Gasteiger partial charge in [-0.1, -0.05) is 42.5 Å². The fourth-order valence-electron chi connectivity index (χ4n) is 3.07. The molecule has 32 heavy (non-hydrogen) atoms. The molecule has 0 aliphatic carbocycles. The van der Waals surface area contributed by atoms with Gasteiger partial charge in [-0.15, -0.1) is 0 Å². The SMILES string of the molecule is O=C(Nc1ccccc1)Nc1ccc(C(=O)NCc2ccc(Cn3cncn3)cc2)cc1. The second-order valence-electron chi connectivity index (χ2n) is 7.11. The Morgan fingerprint density at radius 2 is 1.44 bits per heavy atom. The van der Waals surface area contributed by atoms with Gasteiger partial charge in [0.15, 0.2) is 0 Å². The van der Waals surface area contributed by atoms with E-state index in [1.807, 2.05) is 42.5 Å². The number of nitrogens with zero attached hydrogens (tertiary/aromatic N) is 3. The molecule has 4 aromatic rings. The van der Waals surface area contributed by atoms with Crippen molar-refractivity contribution in [3.05, 3.63) is 108 Å². The molecule has 0 spiro atoms. The number of hydrogen-bond acceptors (Lipinski definition) is 4. The van der Waals surface area contributed by atoms with Crippen molar-refractivity contribution in [3.8, 4) is 0 Å². The minimum absolute atomic E-state index is 0.183. The maximum Gasteiger partial charge on any atom is 0.323 e. The summed E-state index contributed by atoms with van der Waals surface area (Å²) in [6.45, 7) is 1.07. The monoisotopic (exact) mass is 426 g/mol. The number of nitrogens with one attached hydrogen (secondary N) is 3. The van der Waals surface area contributed by atoms with E-state index in [0.717, 1.165) is 11.1 Å². The second kappa shape index (κ2) is 10.0. The fraction of sp³-hybridized carbons (Fsp3) is 0.0833. The topological polar surface area (TPSA) is 101 Å². The normalized spacial score (nSPS) is 10.4. The van der Waals surface area contributed by atoms with Crippen LogP contribution in [0.2, 0.25) is 0 Å². The summed E-state index contributed by atoms with van der Waals surface area (Å²) in [5.41, 5.74) is 3.91. The molecular weight excluding hydrogens is 404 g/mol. The first-order valence-electron chi connectivity index (χ1n) is 10.1. The van der Waals surface area contributed by atoms with E-state index in [4.69, 9.17) is 0 Å². The molecule has 0 bridgehead atoms. The van der Waals surface area contributed by atoms with Crippen molar-refractivity contribution in [1.29, 1.82) is 0 Å². The van der Waals surface area contributed by atoms with Crippen molar-refractivity contribution < 1.29 is 9.59 Å². The van der Waals surface area contributed by atoms with Crippen LogP contribution in [0.3, 0.4) is 0 Å². The molecule has 3 N–H and O–H groups in total. The number of amides is 3. The zero-order chi connectivity index (χ0) is 22.2. The maximum atomic E-state index is 12.4. The predicted molar refractivity (Wildman–Crippen MR) is 122 cm³/mol. The Hall–Kier alpha value is -4.46. The molecule has 0 saturated heterocycles. The summed E-state index contributed by atoms with van der Waals surface area (Å²) in [6, 6.07) is 23.5. The lowest BCUT2D eigenvalue weighted by atomic mass is 10.1. The summed E-state index contributed by atoms with van der Waals surface area (Å²) in [4.78, 5) is 28.4. The number of hydrogen-bond donors (Lipinski definition) is 3. The summed E-state index contributed by atoms with van der Waals surface area (Å²) >= 11 is 0. The Morgan fingerprint density at radius 3 is 2.09 bits per heavy atom. The van der Waals surface area contributed by atoms with Crippen LogP contribution in [0.5, 0.6) is 0 Å². The minimum Gasteiger partial charge on any atom is -0.348 e. The molecule has 0 aliphatic heterocycles. The molecule has 0 aliphatic rings. The van der Waals surface area contributed by atoms with Crippen molar-refractivity contribution >= 4 is 23.3 Å². The predicted octanol–water partition coefficient (Wildman–Crippen LogP) is 3.90. The van der Waals surface area contributed by atoms with Crippen LogP contribution < -0.4 is 16.0 Å². The van der Waals surface area contributed by atoms with Gasteiger partial charge in [0.05, 0.1) is 6.54 Å². The van der Waals surface area contributed by atoms with Gasteiger partial charge in [0.1, 0.15) is 12.7 Å². The largest absolute Gasteiger partial charge is 0.348 e. The number of carbonyl (C=O) groups excluding carboxylic acids is 2. The maximum absolute atomic E-state index is 12.4. The molecule has 0 fully saturated rings. The molecule has 0 atom stereocenters. The Labute approximate surface area is 185 Å². The van der Waals surface area contributed by atoms with E-state index < -0.39 is 0 Å². The number of benzene rings is 3. The van der Waals surface area contributed by atoms with E-state index in [9.17, 15) is 9.59 Å². The molecule has 8 nitrogen and oxygen atoms in total. The zero-order valence-corrected chi connectivity index (χ0v) is 17.2. The molecule has 0 saturated carbocycles. The standard InChI is InChI=1S/C24H22N6O2/c31-23(26-14-18-6-8-19(9-7-18)15-30-17-25-16-27-30)20-10-12-22(13-11-20)29-24(32)28-21-4-2-1-3-5-21/h1-13,16-17H,14-15H2,(H,26,31)(H2,28,29,32). The third kappa shape index (κ3) is 5.79. The number of rotatable bonds is 7. The van der Waals surface area contributed by atoms with Crippen molar-refractivity contribution in [2.45, 2.75) is 13.1 Å². The highest BCUT2D eigenvalue weighted by Crippen LogP contribution is 2.12. The Morgan fingerprint density at radius 1 is 0.781 bits per heavy atom. The molecule has 4 rings (SSSR count). The summed E-state index contributed by atoms with van der Waals surface area (Å²) in [5.74, 6) is -0.183. The van der Waals surface area contributed by atoms with Crippen LogP contribution in [0.25, 0.3) is 0 Å². The van der Waals surface area contributed by atoms with Crippen LogP contribution in [0, 0.1) is 0 Å². The zero-order valence-electron chi connectivity index (χ0n) is 17.2. The lowest BCUT2D eigenvalue weighted by Gasteiger charge is -2.09. The fourth-order valence-corrected chi connectivity index (χ4v) is 3.07. The van der Waals surface area contributed by atoms with Gasteiger partial charge in [-0.3, -0.25) is 4.79 Å². The third-order valence-corrected chi connectivity index (χ3v) is 4.72. The first-order chi connectivity index (χ1) is 15.7. The molecule has 3 aromatic carbocycles. The van der Waals surface area contributed by atoms with Crippen molar-refractivity contribution in [2.75, 3.05) is 10.6 Å². The smallest absolute Gasteiger partial charge is 0.323 e. The first-order valence-corrected chi connectivity index (χ1v) is 10.1. The molecule has 1 aromatic heterocycles. The van der Waals surface area contributed by atoms with Crippen molar-refractivity contribution in [2.24, 2.45) is 0 Å². The summed E-state index contributed by atoms with van der Waals surface area (Å²) in [5, 5.41) is 12.5. The molecule has 0 radical (unpaired) electrons. The first kappa shape index (κ1) is 20.8. The molecule has 3 amide bonds. The van der Waals surface area contributed by atoms with E-state index >= 15 is 0 Å². The van der Waals surface area contributed by atoms with Gasteiger partial charge in [-0.2, -0.15) is 5.10 Å². The molecule has 160 valence electrons. The van der Waals surface area contributed by atoms with Gasteiger partial charge in [0, 0.05) is 23.5 Å². The van der Waals surface area contributed by atoms with E-state index in [2.05, 4.69) is 26.0 Å². The third-order valence-electron chi connectivity index (χ3n) is 4.72. The lowest BCUT2D eigenvalue weighted by molar-refractivity contribution is 0.0951. The van der Waals surface area contributed by atoms with Gasteiger partial charge < -0.3 is 16.0 Å². The van der Waals surface area contributed by atoms with Gasteiger partial charge in [-0.05, 0) is 47.5 Å². The van der Waals surface area contributed by atoms with Gasteiger partial charge in [0.2, 0.25) is 0 Å². The van der Waals surface area contributed by atoms with Gasteiger partial charge >= 0.3 is 6.03 Å². The molecule has 1 heterocycles. The lowest BCUT2D eigenvalue weighted by Crippen LogP contribution is -2.23. The quantitative estimate of drug-likeness (QED) is 0.417. The number of carbonyl (C=O) groups is 2. The highest BCUT2D eigenvalue weighted by molar-refractivity contribution is 6.00. The van der Waals surface area contributed by atoms with Gasteiger partial charge in [0.25, 0.3) is 5.91 Å². The van der Waals surface area contributed by atoms with Crippen LogP contribution in [0.1, 0.15) is 21.5 Å². The number of anilines is 2. The van der Waals surface area contributed by atoms with Crippen LogP contribution >= 0.6 is 0 Å². The van der Waals surface area contributed by atoms with Crippen LogP contribution in [0.15, 0.2) is 91.5 Å². The van der Waals surface area contributed by atoms with E-state index in [-0.39, 0.29) is 11.9 Å². The van der Waals surface area contributed by atoms with E-state index in [0.29, 0.717) is 30.0 Å². The van der Waals surface area contributed by atoms with Crippen LogP contribution in [-0.4, -0.2) is 26.7 Å². The van der Waals surface area contributed by atoms with Gasteiger partial charge in [-0.25, -0.2) is 14.5 Å². The van der Waals surface area contributed by atoms with E-state index in [1.165, 1.54) is 6.33 Å². The molecule has 8 heteroatoms. The van der Waals surface area contributed by atoms with Crippen LogP contribution in [-0.2, 0) is 13.1 Å². The summed E-state index contributed by atoms with van der Waals surface area (Å²) in [6.07, 6.45) is 3.18. The number of aromatic nitrogens is 3. The van der Waals surface area contributed by atoms with E-state index in [1.54, 1.807) is 47.4 Å². The number of para-hydroxylation sites is 1. The Bertz CT molecular complexity index is 1160. The van der Waals surface area contributed by atoms with Crippen molar-refractivity contribution in [1.82, 2.24) is 20.1 Å².